The zero-order chi connectivity index (χ0) is 9.14. The van der Waals surface area contributed by atoms with Gasteiger partial charge < -0.3 is 0 Å². The molecular weight excluding hydrogens is 283 g/mol. The molecule has 0 radical (unpaired) electrons. The molecule has 1 nitrogen and oxygen atoms in total. The van der Waals surface area contributed by atoms with E-state index in [1.165, 1.54) is 0 Å². The first-order chi connectivity index (χ1) is 5.65. The van der Waals surface area contributed by atoms with E-state index in [9.17, 15) is 4.79 Å². The molecule has 5 heteroatoms. The maximum absolute atomic E-state index is 10.8. The number of carbonyl (C=O) groups excluding carboxylic acids is 1. The normalized spacial score (nSPS) is 9.92. The summed E-state index contributed by atoms with van der Waals surface area (Å²) < 4.78 is 0.868. The van der Waals surface area contributed by atoms with E-state index in [-0.39, 0.29) is 0 Å². The van der Waals surface area contributed by atoms with Crippen LogP contribution in [0.25, 0.3) is 0 Å². The molecule has 0 spiro atoms. The summed E-state index contributed by atoms with van der Waals surface area (Å²) in [5.74, 6) is 0. The molecule has 0 fully saturated rings. The smallest absolute Gasteiger partial charge is 0.253 e. The molecule has 0 amide bonds. The van der Waals surface area contributed by atoms with Crippen molar-refractivity contribution in [3.8, 4) is 0 Å². The molecule has 0 saturated heterocycles. The van der Waals surface area contributed by atoms with Crippen LogP contribution in [-0.4, -0.2) is 5.24 Å². The van der Waals surface area contributed by atoms with E-state index >= 15 is 0 Å². The quantitative estimate of drug-likeness (QED) is 0.762. The van der Waals surface area contributed by atoms with Gasteiger partial charge in [-0.3, -0.25) is 4.79 Å². The van der Waals surface area contributed by atoms with Crippen LogP contribution < -0.4 is 0 Å². The van der Waals surface area contributed by atoms with E-state index in [1.54, 1.807) is 18.2 Å². The molecule has 1 aromatic rings. The zero-order valence-electron chi connectivity index (χ0n) is 5.68. The van der Waals surface area contributed by atoms with Crippen LogP contribution >= 0.6 is 49.2 Å². The van der Waals surface area contributed by atoms with Crippen LogP contribution in [0.5, 0.6) is 0 Å². The van der Waals surface area contributed by atoms with Gasteiger partial charge in [0.05, 0.1) is 0 Å². The number of carbonyl (C=O) groups is 1. The van der Waals surface area contributed by atoms with Crippen LogP contribution in [0.4, 0.5) is 0 Å². The van der Waals surface area contributed by atoms with Gasteiger partial charge in [0.1, 0.15) is 0 Å². The maximum Gasteiger partial charge on any atom is 0.253 e. The van der Waals surface area contributed by atoms with Gasteiger partial charge in [-0.1, -0.05) is 15.9 Å². The van der Waals surface area contributed by atoms with Gasteiger partial charge in [-0.25, -0.2) is 0 Å². The Morgan fingerprint density at radius 1 is 1.50 bits per heavy atom. The number of rotatable bonds is 2. The van der Waals surface area contributed by atoms with Crippen molar-refractivity contribution in [3.05, 3.63) is 28.2 Å². The van der Waals surface area contributed by atoms with E-state index in [4.69, 9.17) is 22.3 Å². The van der Waals surface area contributed by atoms with E-state index in [0.29, 0.717) is 10.5 Å². The molecule has 0 unspecified atom stereocenters. The van der Waals surface area contributed by atoms with Gasteiger partial charge in [-0.15, -0.1) is 0 Å². The van der Waals surface area contributed by atoms with Crippen molar-refractivity contribution in [1.29, 1.82) is 0 Å². The highest BCUT2D eigenvalue weighted by molar-refractivity contribution is 9.10. The van der Waals surface area contributed by atoms with Gasteiger partial charge in [0.2, 0.25) is 0 Å². The lowest BCUT2D eigenvalue weighted by Gasteiger charge is -2.00. The number of halogens is 3. The molecule has 1 aromatic carbocycles. The third-order valence-corrected chi connectivity index (χ3v) is 2.94. The summed E-state index contributed by atoms with van der Waals surface area (Å²) in [6, 6.07) is 5.11. The molecule has 0 aromatic heterocycles. The standard InChI is InChI=1S/C7H3BrCl2OS/c8-4-1-2-5(7(9)11)6(3-4)12-10/h1-3H. The molecule has 0 bridgehead atoms. The topological polar surface area (TPSA) is 17.1 Å². The van der Waals surface area contributed by atoms with E-state index in [1.807, 2.05) is 0 Å². The summed E-state index contributed by atoms with van der Waals surface area (Å²) in [6.45, 7) is 0. The molecule has 0 saturated carbocycles. The molecule has 1 rings (SSSR count). The summed E-state index contributed by atoms with van der Waals surface area (Å²) in [4.78, 5) is 11.5. The monoisotopic (exact) mass is 284 g/mol. The summed E-state index contributed by atoms with van der Waals surface area (Å²) in [6.07, 6.45) is 0. The Morgan fingerprint density at radius 3 is 2.67 bits per heavy atom. The molecule has 0 aliphatic heterocycles. The van der Waals surface area contributed by atoms with Crippen LogP contribution in [0.15, 0.2) is 27.6 Å². The minimum absolute atomic E-state index is 0.430. The van der Waals surface area contributed by atoms with E-state index < -0.39 is 5.24 Å². The van der Waals surface area contributed by atoms with Gasteiger partial charge in [-0.2, -0.15) is 0 Å². The average Bonchev–Trinajstić information content (AvgIpc) is 2.03. The van der Waals surface area contributed by atoms with Crippen molar-refractivity contribution >= 4 is 54.4 Å². The lowest BCUT2D eigenvalue weighted by Crippen LogP contribution is -1.90. The second kappa shape index (κ2) is 4.51. The first-order valence-electron chi connectivity index (χ1n) is 2.93. The van der Waals surface area contributed by atoms with Gasteiger partial charge in [0.25, 0.3) is 5.24 Å². The number of hydrogen-bond donors (Lipinski definition) is 0. The van der Waals surface area contributed by atoms with Crippen LogP contribution in [0.1, 0.15) is 10.4 Å². The number of benzene rings is 1. The van der Waals surface area contributed by atoms with Crippen molar-refractivity contribution in [3.63, 3.8) is 0 Å². The van der Waals surface area contributed by atoms with Crippen LogP contribution in [0.3, 0.4) is 0 Å². The fourth-order valence-corrected chi connectivity index (χ4v) is 2.25. The first kappa shape index (κ1) is 10.4. The molecule has 0 N–H and O–H groups in total. The van der Waals surface area contributed by atoms with Crippen molar-refractivity contribution in [2.45, 2.75) is 4.90 Å². The third kappa shape index (κ3) is 2.39. The van der Waals surface area contributed by atoms with Crippen LogP contribution in [0, 0.1) is 0 Å². The van der Waals surface area contributed by atoms with Crippen molar-refractivity contribution in [2.75, 3.05) is 0 Å². The lowest BCUT2D eigenvalue weighted by molar-refractivity contribution is 0.107. The van der Waals surface area contributed by atoms with Gasteiger partial charge >= 0.3 is 0 Å². The second-order valence-corrected chi connectivity index (χ2v) is 4.31. The summed E-state index contributed by atoms with van der Waals surface area (Å²) in [5, 5.41) is -0.495. The third-order valence-electron chi connectivity index (χ3n) is 1.24. The predicted octanol–water partition coefficient (Wildman–Crippen LogP) is 4.07. The maximum atomic E-state index is 10.8. The molecule has 0 atom stereocenters. The fraction of sp³-hybridized carbons (Fsp3) is 0. The zero-order valence-corrected chi connectivity index (χ0v) is 9.60. The minimum Gasteiger partial charge on any atom is -0.276 e. The molecule has 0 aliphatic carbocycles. The Bertz CT molecular complexity index is 316. The molecule has 12 heavy (non-hydrogen) atoms. The average molecular weight is 286 g/mol. The highest BCUT2D eigenvalue weighted by atomic mass is 79.9. The highest BCUT2D eigenvalue weighted by Gasteiger charge is 2.08. The Labute approximate surface area is 92.1 Å². The Kier molecular flexibility index (Phi) is 3.90. The number of hydrogen-bond acceptors (Lipinski definition) is 2. The molecule has 64 valence electrons. The van der Waals surface area contributed by atoms with Gasteiger partial charge in [0.15, 0.2) is 0 Å². The van der Waals surface area contributed by atoms with Gasteiger partial charge in [-0.05, 0) is 51.5 Å². The largest absolute Gasteiger partial charge is 0.276 e. The second-order valence-electron chi connectivity index (χ2n) is 1.99. The Balaban J connectivity index is 3.20. The molecular formula is C7H3BrCl2OS. The summed E-state index contributed by atoms with van der Waals surface area (Å²) >= 11 is 8.57. The summed E-state index contributed by atoms with van der Waals surface area (Å²) in [5.41, 5.74) is 0.430. The first-order valence-corrected chi connectivity index (χ1v) is 5.74. The van der Waals surface area contributed by atoms with Crippen LogP contribution in [-0.2, 0) is 0 Å². The highest BCUT2D eigenvalue weighted by Crippen LogP contribution is 2.29. The molecule has 0 heterocycles. The minimum atomic E-state index is -0.495. The van der Waals surface area contributed by atoms with Crippen molar-refractivity contribution in [1.82, 2.24) is 0 Å². The lowest BCUT2D eigenvalue weighted by atomic mass is 10.2. The summed E-state index contributed by atoms with van der Waals surface area (Å²) in [7, 11) is 6.51. The SMILES string of the molecule is O=C(Cl)c1ccc(Br)cc1SCl. The van der Waals surface area contributed by atoms with Crippen molar-refractivity contribution < 1.29 is 4.79 Å². The fourth-order valence-electron chi connectivity index (χ4n) is 0.722. The van der Waals surface area contributed by atoms with Crippen LogP contribution in [0.2, 0.25) is 0 Å². The van der Waals surface area contributed by atoms with Crippen molar-refractivity contribution in [2.24, 2.45) is 0 Å². The van der Waals surface area contributed by atoms with E-state index in [0.717, 1.165) is 15.4 Å². The Hall–Kier alpha value is 0.300. The predicted molar refractivity (Wildman–Crippen MR) is 56.0 cm³/mol. The molecule has 0 aliphatic rings. The Morgan fingerprint density at radius 2 is 2.17 bits per heavy atom. The van der Waals surface area contributed by atoms with E-state index in [2.05, 4.69) is 15.9 Å². The van der Waals surface area contributed by atoms with Gasteiger partial charge in [0, 0.05) is 14.9 Å².